The van der Waals surface area contributed by atoms with Crippen LogP contribution in [0.2, 0.25) is 0 Å². The molecule has 1 amide bonds. The summed E-state index contributed by atoms with van der Waals surface area (Å²) in [7, 11) is 1.91. The Bertz CT molecular complexity index is 912. The summed E-state index contributed by atoms with van der Waals surface area (Å²) in [6.45, 7) is 1.80. The van der Waals surface area contributed by atoms with Gasteiger partial charge in [0.2, 0.25) is 0 Å². The SMILES string of the molecule is CN(C(=O)c1ccc2ncccc2c1)[C@@H]1CCCN(c2ccccn2)C1. The minimum absolute atomic E-state index is 0.0589. The van der Waals surface area contributed by atoms with Crippen molar-refractivity contribution in [1.29, 1.82) is 0 Å². The van der Waals surface area contributed by atoms with E-state index in [9.17, 15) is 4.79 Å². The molecule has 1 aliphatic rings. The topological polar surface area (TPSA) is 49.3 Å². The molecule has 0 unspecified atom stereocenters. The number of anilines is 1. The van der Waals surface area contributed by atoms with Gasteiger partial charge in [0, 0.05) is 49.5 Å². The van der Waals surface area contributed by atoms with Crippen molar-refractivity contribution in [2.75, 3.05) is 25.0 Å². The van der Waals surface area contributed by atoms with Crippen molar-refractivity contribution in [3.8, 4) is 0 Å². The number of hydrogen-bond acceptors (Lipinski definition) is 4. The van der Waals surface area contributed by atoms with Crippen molar-refractivity contribution in [2.24, 2.45) is 0 Å². The molecule has 0 bridgehead atoms. The van der Waals surface area contributed by atoms with Gasteiger partial charge in [-0.2, -0.15) is 0 Å². The Balaban J connectivity index is 1.52. The smallest absolute Gasteiger partial charge is 0.253 e. The number of aromatic nitrogens is 2. The van der Waals surface area contributed by atoms with E-state index in [0.29, 0.717) is 5.56 Å². The third-order valence-corrected chi connectivity index (χ3v) is 5.09. The minimum Gasteiger partial charge on any atom is -0.355 e. The fraction of sp³-hybridized carbons (Fsp3) is 0.286. The zero-order valence-corrected chi connectivity index (χ0v) is 14.9. The lowest BCUT2D eigenvalue weighted by Crippen LogP contribution is -2.48. The van der Waals surface area contributed by atoms with Crippen LogP contribution in [-0.4, -0.2) is 47.0 Å². The highest BCUT2D eigenvalue weighted by Gasteiger charge is 2.27. The summed E-state index contributed by atoms with van der Waals surface area (Å²) < 4.78 is 0. The Labute approximate surface area is 153 Å². The predicted octanol–water partition coefficient (Wildman–Crippen LogP) is 3.37. The largest absolute Gasteiger partial charge is 0.355 e. The molecule has 0 spiro atoms. The number of pyridine rings is 2. The maximum Gasteiger partial charge on any atom is 0.253 e. The van der Waals surface area contributed by atoms with Gasteiger partial charge in [-0.25, -0.2) is 4.98 Å². The third-order valence-electron chi connectivity index (χ3n) is 5.09. The van der Waals surface area contributed by atoms with Gasteiger partial charge in [-0.05, 0) is 49.2 Å². The Hall–Kier alpha value is -2.95. The van der Waals surface area contributed by atoms with E-state index in [1.807, 2.05) is 66.7 Å². The molecule has 0 radical (unpaired) electrons. The molecular formula is C21H22N4O. The van der Waals surface area contributed by atoms with Crippen molar-refractivity contribution in [1.82, 2.24) is 14.9 Å². The van der Waals surface area contributed by atoms with Crippen LogP contribution in [0.25, 0.3) is 10.9 Å². The van der Waals surface area contributed by atoms with Gasteiger partial charge in [-0.15, -0.1) is 0 Å². The van der Waals surface area contributed by atoms with Crippen LogP contribution in [0.1, 0.15) is 23.2 Å². The summed E-state index contributed by atoms with van der Waals surface area (Å²) in [5.74, 6) is 1.04. The van der Waals surface area contributed by atoms with Crippen LogP contribution in [0.5, 0.6) is 0 Å². The van der Waals surface area contributed by atoms with E-state index in [4.69, 9.17) is 0 Å². The van der Waals surface area contributed by atoms with Gasteiger partial charge in [0.1, 0.15) is 5.82 Å². The van der Waals surface area contributed by atoms with Gasteiger partial charge in [0.05, 0.1) is 5.52 Å². The number of nitrogens with zero attached hydrogens (tertiary/aromatic N) is 4. The highest BCUT2D eigenvalue weighted by Crippen LogP contribution is 2.22. The van der Waals surface area contributed by atoms with Crippen LogP contribution in [0.4, 0.5) is 5.82 Å². The van der Waals surface area contributed by atoms with Crippen molar-refractivity contribution in [3.63, 3.8) is 0 Å². The summed E-state index contributed by atoms with van der Waals surface area (Å²) in [6, 6.07) is 15.7. The van der Waals surface area contributed by atoms with Crippen molar-refractivity contribution >= 4 is 22.6 Å². The van der Waals surface area contributed by atoms with E-state index in [1.165, 1.54) is 0 Å². The monoisotopic (exact) mass is 346 g/mol. The van der Waals surface area contributed by atoms with Crippen LogP contribution in [0.15, 0.2) is 60.9 Å². The van der Waals surface area contributed by atoms with Crippen LogP contribution in [-0.2, 0) is 0 Å². The van der Waals surface area contributed by atoms with E-state index >= 15 is 0 Å². The summed E-state index contributed by atoms with van der Waals surface area (Å²) in [5.41, 5.74) is 1.62. The first kappa shape index (κ1) is 16.5. The van der Waals surface area contributed by atoms with Gasteiger partial charge in [-0.1, -0.05) is 12.1 Å². The lowest BCUT2D eigenvalue weighted by Gasteiger charge is -2.38. The second-order valence-electron chi connectivity index (χ2n) is 6.76. The molecule has 5 heteroatoms. The third kappa shape index (κ3) is 3.25. The number of amides is 1. The van der Waals surface area contributed by atoms with E-state index in [2.05, 4.69) is 14.9 Å². The standard InChI is InChI=1S/C21H22N4O/c1-24(18-7-5-13-25(15-18)20-8-2-3-11-23-20)21(26)17-9-10-19-16(14-17)6-4-12-22-19/h2-4,6,8-12,14,18H,5,7,13,15H2,1H3/t18-/m1/s1. The van der Waals surface area contributed by atoms with Crippen molar-refractivity contribution in [2.45, 2.75) is 18.9 Å². The molecule has 3 aromatic rings. The Morgan fingerprint density at radius 2 is 2.00 bits per heavy atom. The molecule has 0 N–H and O–H groups in total. The number of piperidine rings is 1. The normalized spacial score (nSPS) is 17.3. The van der Waals surface area contributed by atoms with Gasteiger partial charge in [0.15, 0.2) is 0 Å². The van der Waals surface area contributed by atoms with Crippen LogP contribution < -0.4 is 4.90 Å². The maximum atomic E-state index is 13.0. The highest BCUT2D eigenvalue weighted by atomic mass is 16.2. The van der Waals surface area contributed by atoms with E-state index in [-0.39, 0.29) is 11.9 Å². The number of fused-ring (bicyclic) bond motifs is 1. The number of carbonyl (C=O) groups is 1. The van der Waals surface area contributed by atoms with Crippen LogP contribution in [0.3, 0.4) is 0 Å². The van der Waals surface area contributed by atoms with Gasteiger partial charge >= 0.3 is 0 Å². The summed E-state index contributed by atoms with van der Waals surface area (Å²) >= 11 is 0. The second-order valence-corrected chi connectivity index (χ2v) is 6.76. The van der Waals surface area contributed by atoms with Gasteiger partial charge < -0.3 is 9.80 Å². The fourth-order valence-electron chi connectivity index (χ4n) is 3.60. The Morgan fingerprint density at radius 1 is 1.12 bits per heavy atom. The molecule has 0 saturated carbocycles. The average Bonchev–Trinajstić information content (AvgIpc) is 2.73. The van der Waals surface area contributed by atoms with Crippen LogP contribution >= 0.6 is 0 Å². The zero-order chi connectivity index (χ0) is 17.9. The number of benzene rings is 1. The number of likely N-dealkylation sites (N-methyl/N-ethyl adjacent to an activating group) is 1. The predicted molar refractivity (Wildman–Crippen MR) is 103 cm³/mol. The molecule has 1 aromatic carbocycles. The number of carbonyl (C=O) groups excluding carboxylic acids is 1. The highest BCUT2D eigenvalue weighted by molar-refractivity contribution is 5.98. The van der Waals surface area contributed by atoms with E-state index < -0.39 is 0 Å². The average molecular weight is 346 g/mol. The van der Waals surface area contributed by atoms with Crippen LogP contribution in [0, 0.1) is 0 Å². The first-order valence-electron chi connectivity index (χ1n) is 9.00. The molecule has 26 heavy (non-hydrogen) atoms. The zero-order valence-electron chi connectivity index (χ0n) is 14.9. The van der Waals surface area contributed by atoms with Gasteiger partial charge in [0.25, 0.3) is 5.91 Å². The molecule has 1 fully saturated rings. The lowest BCUT2D eigenvalue weighted by atomic mass is 10.0. The molecule has 2 aromatic heterocycles. The van der Waals surface area contributed by atoms with Crippen molar-refractivity contribution < 1.29 is 4.79 Å². The maximum absolute atomic E-state index is 13.0. The summed E-state index contributed by atoms with van der Waals surface area (Å²) in [6.07, 6.45) is 5.66. The van der Waals surface area contributed by atoms with Crippen molar-refractivity contribution in [3.05, 3.63) is 66.5 Å². The molecule has 3 heterocycles. The Kier molecular flexibility index (Phi) is 4.52. The molecule has 5 nitrogen and oxygen atoms in total. The first-order valence-corrected chi connectivity index (χ1v) is 9.00. The first-order chi connectivity index (χ1) is 12.7. The minimum atomic E-state index is 0.0589. The number of rotatable bonds is 3. The molecule has 1 aliphatic heterocycles. The van der Waals surface area contributed by atoms with E-state index in [1.54, 1.807) is 6.20 Å². The lowest BCUT2D eigenvalue weighted by molar-refractivity contribution is 0.0717. The quantitative estimate of drug-likeness (QED) is 0.730. The molecule has 1 saturated heterocycles. The van der Waals surface area contributed by atoms with E-state index in [0.717, 1.165) is 42.7 Å². The van der Waals surface area contributed by atoms with Gasteiger partial charge in [-0.3, -0.25) is 9.78 Å². The summed E-state index contributed by atoms with van der Waals surface area (Å²) in [4.78, 5) is 25.9. The molecule has 1 atom stereocenters. The molecular weight excluding hydrogens is 324 g/mol. The molecule has 132 valence electrons. The Morgan fingerprint density at radius 3 is 2.85 bits per heavy atom. The summed E-state index contributed by atoms with van der Waals surface area (Å²) in [5, 5.41) is 0.991. The fourth-order valence-corrected chi connectivity index (χ4v) is 3.60. The molecule has 4 rings (SSSR count). The second kappa shape index (κ2) is 7.12. The molecule has 0 aliphatic carbocycles. The number of hydrogen-bond donors (Lipinski definition) is 0.